The minimum atomic E-state index is -3.38. The molecule has 0 radical (unpaired) electrons. The molecule has 0 bridgehead atoms. The van der Waals surface area contributed by atoms with Crippen LogP contribution in [-0.4, -0.2) is 19.6 Å². The fourth-order valence-corrected chi connectivity index (χ4v) is 2.62. The van der Waals surface area contributed by atoms with Crippen molar-refractivity contribution in [3.05, 3.63) is 33.9 Å². The van der Waals surface area contributed by atoms with Crippen molar-refractivity contribution < 1.29 is 13.3 Å². The van der Waals surface area contributed by atoms with E-state index in [4.69, 9.17) is 0 Å². The van der Waals surface area contributed by atoms with Gasteiger partial charge in [-0.25, -0.2) is 8.42 Å². The van der Waals surface area contributed by atoms with E-state index in [2.05, 4.69) is 0 Å². The van der Waals surface area contributed by atoms with E-state index < -0.39 is 20.2 Å². The molecule has 0 aliphatic rings. The number of sulfone groups is 1. The Kier molecular flexibility index (Phi) is 3.29. The maximum Gasteiger partial charge on any atom is 0.269 e. The van der Waals surface area contributed by atoms with Crippen molar-refractivity contribution in [2.45, 2.75) is 31.1 Å². The van der Waals surface area contributed by atoms with Crippen LogP contribution in [0.15, 0.2) is 23.1 Å². The van der Waals surface area contributed by atoms with Crippen LogP contribution in [-0.2, 0) is 15.3 Å². The summed E-state index contributed by atoms with van der Waals surface area (Å²) in [4.78, 5) is 10.3. The topological polar surface area (TPSA) is 77.3 Å². The van der Waals surface area contributed by atoms with Gasteiger partial charge in [0.05, 0.1) is 9.82 Å². The highest BCUT2D eigenvalue weighted by atomic mass is 32.2. The Morgan fingerprint density at radius 1 is 1.24 bits per heavy atom. The van der Waals surface area contributed by atoms with Crippen LogP contribution in [0.2, 0.25) is 0 Å². The van der Waals surface area contributed by atoms with E-state index in [1.165, 1.54) is 18.2 Å². The van der Waals surface area contributed by atoms with Gasteiger partial charge in [-0.2, -0.15) is 0 Å². The van der Waals surface area contributed by atoms with Crippen molar-refractivity contribution in [3.8, 4) is 0 Å². The number of benzene rings is 1. The molecular weight excluding hydrogens is 242 g/mol. The van der Waals surface area contributed by atoms with Crippen LogP contribution < -0.4 is 0 Å². The largest absolute Gasteiger partial charge is 0.269 e. The molecule has 0 N–H and O–H groups in total. The van der Waals surface area contributed by atoms with E-state index >= 15 is 0 Å². The van der Waals surface area contributed by atoms with Crippen molar-refractivity contribution in [1.82, 2.24) is 0 Å². The molecule has 6 heteroatoms. The van der Waals surface area contributed by atoms with Crippen molar-refractivity contribution in [3.63, 3.8) is 0 Å². The molecule has 1 aromatic carbocycles. The fraction of sp³-hybridized carbons (Fsp3) is 0.455. The smallest absolute Gasteiger partial charge is 0.258 e. The van der Waals surface area contributed by atoms with Crippen LogP contribution in [0, 0.1) is 10.1 Å². The molecule has 0 fully saturated rings. The van der Waals surface area contributed by atoms with Crippen LogP contribution in [0.1, 0.15) is 26.3 Å². The Morgan fingerprint density at radius 3 is 2.12 bits per heavy atom. The molecule has 0 spiro atoms. The fourth-order valence-electron chi connectivity index (χ4n) is 1.54. The summed E-state index contributed by atoms with van der Waals surface area (Å²) in [6.07, 6.45) is 1.10. The molecule has 0 saturated carbocycles. The molecule has 0 saturated heterocycles. The molecule has 5 nitrogen and oxygen atoms in total. The third-order valence-corrected chi connectivity index (χ3v) is 3.54. The van der Waals surface area contributed by atoms with E-state index in [0.29, 0.717) is 5.56 Å². The van der Waals surface area contributed by atoms with Gasteiger partial charge in [0, 0.05) is 18.4 Å². The molecule has 0 aliphatic carbocycles. The van der Waals surface area contributed by atoms with Crippen LogP contribution >= 0.6 is 0 Å². The molecule has 0 heterocycles. The Morgan fingerprint density at radius 2 is 1.76 bits per heavy atom. The molecule has 1 rings (SSSR count). The second-order valence-corrected chi connectivity index (χ2v) is 6.94. The standard InChI is InChI=1S/C11H15NO4S/c1-11(2,3)9-7-8(12(13)14)5-6-10(9)17(4,15)16/h5-7H,1-4H3. The first-order chi connectivity index (χ1) is 7.53. The number of hydrogen-bond acceptors (Lipinski definition) is 4. The van der Waals surface area contributed by atoms with Gasteiger partial charge < -0.3 is 0 Å². The lowest BCUT2D eigenvalue weighted by Crippen LogP contribution is -2.16. The molecule has 1 aromatic rings. The minimum absolute atomic E-state index is 0.0951. The van der Waals surface area contributed by atoms with Gasteiger partial charge in [0.25, 0.3) is 5.69 Å². The van der Waals surface area contributed by atoms with Crippen LogP contribution in [0.5, 0.6) is 0 Å². The molecule has 0 amide bonds. The van der Waals surface area contributed by atoms with E-state index in [9.17, 15) is 18.5 Å². The summed E-state index contributed by atoms with van der Waals surface area (Å²) in [6, 6.07) is 3.84. The van der Waals surface area contributed by atoms with Crippen molar-refractivity contribution in [2.24, 2.45) is 0 Å². The lowest BCUT2D eigenvalue weighted by atomic mass is 9.87. The maximum atomic E-state index is 11.6. The summed E-state index contributed by atoms with van der Waals surface area (Å²) in [5, 5.41) is 10.7. The molecule has 0 atom stereocenters. The van der Waals surface area contributed by atoms with Crippen molar-refractivity contribution in [2.75, 3.05) is 6.26 Å². The van der Waals surface area contributed by atoms with Gasteiger partial charge in [0.15, 0.2) is 9.84 Å². The summed E-state index contributed by atoms with van der Waals surface area (Å²) in [6.45, 7) is 5.46. The Bertz CT molecular complexity index is 555. The Balaban J connectivity index is 3.60. The number of nitro groups is 1. The molecule has 94 valence electrons. The van der Waals surface area contributed by atoms with Gasteiger partial charge in [-0.3, -0.25) is 10.1 Å². The molecule has 0 unspecified atom stereocenters. The average Bonchev–Trinajstić information content (AvgIpc) is 2.14. The van der Waals surface area contributed by atoms with Crippen molar-refractivity contribution in [1.29, 1.82) is 0 Å². The van der Waals surface area contributed by atoms with Crippen LogP contribution in [0.25, 0.3) is 0 Å². The zero-order chi connectivity index (χ0) is 13.4. The van der Waals surface area contributed by atoms with Crippen molar-refractivity contribution >= 4 is 15.5 Å². The van der Waals surface area contributed by atoms with E-state index in [0.717, 1.165) is 6.26 Å². The van der Waals surface area contributed by atoms with E-state index in [-0.39, 0.29) is 10.6 Å². The second-order valence-electron chi connectivity index (χ2n) is 4.96. The van der Waals surface area contributed by atoms with Crippen LogP contribution in [0.3, 0.4) is 0 Å². The summed E-state index contributed by atoms with van der Waals surface area (Å²) in [5.41, 5.74) is -0.0960. The first-order valence-electron chi connectivity index (χ1n) is 5.02. The third-order valence-electron chi connectivity index (χ3n) is 2.38. The van der Waals surface area contributed by atoms with Gasteiger partial charge in [0.1, 0.15) is 0 Å². The highest BCUT2D eigenvalue weighted by Crippen LogP contribution is 2.31. The monoisotopic (exact) mass is 257 g/mol. The molecule has 0 aliphatic heterocycles. The molecular formula is C11H15NO4S. The summed E-state index contributed by atoms with van der Waals surface area (Å²) in [7, 11) is -3.38. The SMILES string of the molecule is CC(C)(C)c1cc([N+](=O)[O-])ccc1S(C)(=O)=O. The molecule has 0 aromatic heterocycles. The normalized spacial score (nSPS) is 12.5. The lowest BCUT2D eigenvalue weighted by Gasteiger charge is -2.21. The summed E-state index contributed by atoms with van der Waals surface area (Å²) < 4.78 is 23.2. The highest BCUT2D eigenvalue weighted by molar-refractivity contribution is 7.90. The number of hydrogen-bond donors (Lipinski definition) is 0. The number of nitrogens with zero attached hydrogens (tertiary/aromatic N) is 1. The Hall–Kier alpha value is -1.43. The highest BCUT2D eigenvalue weighted by Gasteiger charge is 2.25. The lowest BCUT2D eigenvalue weighted by molar-refractivity contribution is -0.385. The molecule has 17 heavy (non-hydrogen) atoms. The van der Waals surface area contributed by atoms with E-state index in [1.807, 2.05) is 20.8 Å². The van der Waals surface area contributed by atoms with Gasteiger partial charge in [-0.1, -0.05) is 20.8 Å². The minimum Gasteiger partial charge on any atom is -0.258 e. The van der Waals surface area contributed by atoms with Gasteiger partial charge >= 0.3 is 0 Å². The predicted molar refractivity (Wildman–Crippen MR) is 64.9 cm³/mol. The summed E-state index contributed by atoms with van der Waals surface area (Å²) in [5.74, 6) is 0. The second kappa shape index (κ2) is 4.10. The number of rotatable bonds is 2. The quantitative estimate of drug-likeness (QED) is 0.601. The van der Waals surface area contributed by atoms with Crippen LogP contribution in [0.4, 0.5) is 5.69 Å². The first-order valence-corrected chi connectivity index (χ1v) is 6.91. The predicted octanol–water partition coefficient (Wildman–Crippen LogP) is 2.30. The average molecular weight is 257 g/mol. The first kappa shape index (κ1) is 13.6. The van der Waals surface area contributed by atoms with Gasteiger partial charge in [-0.15, -0.1) is 0 Å². The zero-order valence-corrected chi connectivity index (χ0v) is 11.0. The zero-order valence-electron chi connectivity index (χ0n) is 10.2. The third kappa shape index (κ3) is 3.03. The number of nitro benzene ring substituents is 1. The van der Waals surface area contributed by atoms with Gasteiger partial charge in [-0.05, 0) is 17.0 Å². The Labute approximate surface area is 101 Å². The summed E-state index contributed by atoms with van der Waals surface area (Å²) >= 11 is 0. The number of non-ortho nitro benzene ring substituents is 1. The maximum absolute atomic E-state index is 11.6. The van der Waals surface area contributed by atoms with Gasteiger partial charge in [0.2, 0.25) is 0 Å². The van der Waals surface area contributed by atoms with E-state index in [1.54, 1.807) is 0 Å².